The molecular weight excluding hydrogens is 350 g/mol. The zero-order valence-electron chi connectivity index (χ0n) is 16.4. The van der Waals surface area contributed by atoms with Gasteiger partial charge in [-0.25, -0.2) is 0 Å². The molecule has 0 atom stereocenters. The van der Waals surface area contributed by atoms with Crippen LogP contribution in [0.25, 0.3) is 0 Å². The number of likely N-dealkylation sites (N-methyl/N-ethyl adjacent to an activating group) is 1. The molecule has 1 aliphatic heterocycles. The summed E-state index contributed by atoms with van der Waals surface area (Å²) in [6, 6.07) is 15.8. The molecule has 1 aromatic heterocycles. The second-order valence-electron chi connectivity index (χ2n) is 7.28. The molecule has 1 aliphatic rings. The fourth-order valence-corrected chi connectivity index (χ4v) is 3.92. The zero-order chi connectivity index (χ0) is 20.0. The van der Waals surface area contributed by atoms with E-state index < -0.39 is 5.41 Å². The summed E-state index contributed by atoms with van der Waals surface area (Å²) in [4.78, 5) is 33.5. The van der Waals surface area contributed by atoms with Crippen LogP contribution in [0.3, 0.4) is 0 Å². The SMILES string of the molecule is C=CC(=O)N1CCC(C(=O)N(C)CCc2ccccn2)(c2ccccc2)CC1. The molecule has 146 valence electrons. The second-order valence-corrected chi connectivity index (χ2v) is 7.28. The van der Waals surface area contributed by atoms with Crippen LogP contribution in [0.1, 0.15) is 24.1 Å². The topological polar surface area (TPSA) is 53.5 Å². The van der Waals surface area contributed by atoms with E-state index in [-0.39, 0.29) is 11.8 Å². The summed E-state index contributed by atoms with van der Waals surface area (Å²) in [6.45, 7) is 5.30. The molecule has 1 saturated heterocycles. The quantitative estimate of drug-likeness (QED) is 0.728. The number of carbonyl (C=O) groups is 2. The number of hydrogen-bond acceptors (Lipinski definition) is 3. The van der Waals surface area contributed by atoms with Gasteiger partial charge >= 0.3 is 0 Å². The molecule has 5 nitrogen and oxygen atoms in total. The maximum atomic E-state index is 13.6. The first kappa shape index (κ1) is 19.8. The minimum atomic E-state index is -0.599. The largest absolute Gasteiger partial charge is 0.345 e. The first-order valence-electron chi connectivity index (χ1n) is 9.69. The molecule has 0 radical (unpaired) electrons. The fourth-order valence-electron chi connectivity index (χ4n) is 3.92. The summed E-state index contributed by atoms with van der Waals surface area (Å²) in [7, 11) is 1.86. The molecule has 1 fully saturated rings. The van der Waals surface area contributed by atoms with Crippen LogP contribution in [0.15, 0.2) is 67.4 Å². The Hall–Kier alpha value is -2.95. The molecule has 5 heteroatoms. The van der Waals surface area contributed by atoms with Crippen molar-refractivity contribution in [1.29, 1.82) is 0 Å². The average molecular weight is 377 g/mol. The third kappa shape index (κ3) is 4.14. The molecule has 28 heavy (non-hydrogen) atoms. The van der Waals surface area contributed by atoms with Gasteiger partial charge in [-0.3, -0.25) is 14.6 Å². The van der Waals surface area contributed by atoms with Crippen LogP contribution in [0.4, 0.5) is 0 Å². The third-order valence-electron chi connectivity index (χ3n) is 5.62. The number of hydrogen-bond donors (Lipinski definition) is 0. The Labute approximate surface area is 166 Å². The molecule has 0 unspecified atom stereocenters. The summed E-state index contributed by atoms with van der Waals surface area (Å²) in [5.41, 5.74) is 1.40. The maximum absolute atomic E-state index is 13.6. The standard InChI is InChI=1S/C23H27N3O2/c1-3-21(27)26-17-13-23(14-18-26,19-9-5-4-6-10-19)22(28)25(2)16-12-20-11-7-8-15-24-20/h3-11,15H,1,12-14,16-18H2,2H3. The number of likely N-dealkylation sites (tertiary alicyclic amines) is 1. The number of carbonyl (C=O) groups excluding carboxylic acids is 2. The average Bonchev–Trinajstić information content (AvgIpc) is 2.77. The monoisotopic (exact) mass is 377 g/mol. The number of benzene rings is 1. The van der Waals surface area contributed by atoms with Crippen molar-refractivity contribution in [2.24, 2.45) is 0 Å². The third-order valence-corrected chi connectivity index (χ3v) is 5.62. The number of piperidine rings is 1. The summed E-state index contributed by atoms with van der Waals surface area (Å²) in [5, 5.41) is 0. The number of aromatic nitrogens is 1. The van der Waals surface area contributed by atoms with Gasteiger partial charge in [-0.1, -0.05) is 43.0 Å². The summed E-state index contributed by atoms with van der Waals surface area (Å²) in [5.74, 6) is 0.0398. The lowest BCUT2D eigenvalue weighted by Gasteiger charge is -2.42. The smallest absolute Gasteiger partial charge is 0.245 e. The Morgan fingerprint density at radius 1 is 1.14 bits per heavy atom. The summed E-state index contributed by atoms with van der Waals surface area (Å²) < 4.78 is 0. The maximum Gasteiger partial charge on any atom is 0.245 e. The van der Waals surface area contributed by atoms with Crippen LogP contribution in [0, 0.1) is 0 Å². The van der Waals surface area contributed by atoms with Gasteiger partial charge in [-0.2, -0.15) is 0 Å². The Kier molecular flexibility index (Phi) is 6.24. The van der Waals surface area contributed by atoms with Gasteiger partial charge in [0, 0.05) is 45.0 Å². The lowest BCUT2D eigenvalue weighted by atomic mass is 9.71. The van der Waals surface area contributed by atoms with E-state index in [0.717, 1.165) is 17.7 Å². The van der Waals surface area contributed by atoms with E-state index in [2.05, 4.69) is 11.6 Å². The molecule has 2 aromatic rings. The highest BCUT2D eigenvalue weighted by molar-refractivity contribution is 5.90. The highest BCUT2D eigenvalue weighted by Gasteiger charge is 2.44. The van der Waals surface area contributed by atoms with Gasteiger partial charge in [-0.05, 0) is 36.6 Å². The van der Waals surface area contributed by atoms with Crippen molar-refractivity contribution in [3.05, 3.63) is 78.6 Å². The van der Waals surface area contributed by atoms with Gasteiger partial charge in [-0.15, -0.1) is 0 Å². The summed E-state index contributed by atoms with van der Waals surface area (Å²) in [6.07, 6.45) is 5.06. The van der Waals surface area contributed by atoms with E-state index in [1.54, 1.807) is 11.1 Å². The predicted molar refractivity (Wildman–Crippen MR) is 110 cm³/mol. The van der Waals surface area contributed by atoms with E-state index in [1.807, 2.05) is 60.5 Å². The van der Waals surface area contributed by atoms with Crippen molar-refractivity contribution in [2.45, 2.75) is 24.7 Å². The van der Waals surface area contributed by atoms with E-state index in [0.29, 0.717) is 32.5 Å². The van der Waals surface area contributed by atoms with Crippen LogP contribution >= 0.6 is 0 Å². The highest BCUT2D eigenvalue weighted by Crippen LogP contribution is 2.37. The lowest BCUT2D eigenvalue weighted by molar-refractivity contribution is -0.140. The van der Waals surface area contributed by atoms with E-state index >= 15 is 0 Å². The van der Waals surface area contributed by atoms with Gasteiger partial charge < -0.3 is 9.80 Å². The number of amides is 2. The van der Waals surface area contributed by atoms with Gasteiger partial charge in [0.05, 0.1) is 5.41 Å². The molecule has 2 heterocycles. The normalized spacial score (nSPS) is 15.7. The minimum absolute atomic E-state index is 0.0717. The Bertz CT molecular complexity index is 812. The van der Waals surface area contributed by atoms with Crippen molar-refractivity contribution in [1.82, 2.24) is 14.8 Å². The van der Waals surface area contributed by atoms with E-state index in [4.69, 9.17) is 0 Å². The molecule has 0 saturated carbocycles. The van der Waals surface area contributed by atoms with Gasteiger partial charge in [0.15, 0.2) is 0 Å². The van der Waals surface area contributed by atoms with Crippen LogP contribution in [0.2, 0.25) is 0 Å². The minimum Gasteiger partial charge on any atom is -0.345 e. The number of nitrogens with zero attached hydrogens (tertiary/aromatic N) is 3. The molecule has 0 N–H and O–H groups in total. The van der Waals surface area contributed by atoms with Crippen LogP contribution in [-0.4, -0.2) is 53.3 Å². The molecule has 1 aromatic carbocycles. The van der Waals surface area contributed by atoms with Crippen molar-refractivity contribution in [3.8, 4) is 0 Å². The lowest BCUT2D eigenvalue weighted by Crippen LogP contribution is -2.53. The molecule has 0 bridgehead atoms. The Morgan fingerprint density at radius 3 is 2.43 bits per heavy atom. The zero-order valence-corrected chi connectivity index (χ0v) is 16.4. The molecule has 0 spiro atoms. The van der Waals surface area contributed by atoms with Gasteiger partial charge in [0.25, 0.3) is 0 Å². The van der Waals surface area contributed by atoms with Gasteiger partial charge in [0.2, 0.25) is 11.8 Å². The molecule has 0 aliphatic carbocycles. The fraction of sp³-hybridized carbons (Fsp3) is 0.348. The van der Waals surface area contributed by atoms with Crippen molar-refractivity contribution in [3.63, 3.8) is 0 Å². The van der Waals surface area contributed by atoms with Gasteiger partial charge in [0.1, 0.15) is 0 Å². The highest BCUT2D eigenvalue weighted by atomic mass is 16.2. The molecular formula is C23H27N3O2. The number of pyridine rings is 1. The Balaban J connectivity index is 1.78. The Morgan fingerprint density at radius 2 is 1.82 bits per heavy atom. The van der Waals surface area contributed by atoms with Crippen molar-refractivity contribution in [2.75, 3.05) is 26.7 Å². The first-order chi connectivity index (χ1) is 13.6. The van der Waals surface area contributed by atoms with E-state index in [9.17, 15) is 9.59 Å². The first-order valence-corrected chi connectivity index (χ1v) is 9.69. The van der Waals surface area contributed by atoms with Crippen molar-refractivity contribution < 1.29 is 9.59 Å². The predicted octanol–water partition coefficient (Wildman–Crippen LogP) is 2.83. The second kappa shape index (κ2) is 8.83. The van der Waals surface area contributed by atoms with Crippen LogP contribution in [0.5, 0.6) is 0 Å². The van der Waals surface area contributed by atoms with Crippen molar-refractivity contribution >= 4 is 11.8 Å². The summed E-state index contributed by atoms with van der Waals surface area (Å²) >= 11 is 0. The van der Waals surface area contributed by atoms with Crippen LogP contribution in [-0.2, 0) is 21.4 Å². The van der Waals surface area contributed by atoms with Crippen LogP contribution < -0.4 is 0 Å². The molecule has 3 rings (SSSR count). The number of rotatable bonds is 6. The molecule has 2 amide bonds. The van der Waals surface area contributed by atoms with E-state index in [1.165, 1.54) is 6.08 Å².